The third-order valence-electron chi connectivity index (χ3n) is 4.50. The van der Waals surface area contributed by atoms with Crippen molar-refractivity contribution in [2.75, 3.05) is 6.61 Å². The smallest absolute Gasteiger partial charge is 0.271 e. The van der Waals surface area contributed by atoms with Crippen LogP contribution in [0.25, 0.3) is 0 Å². The molecule has 0 aliphatic carbocycles. The van der Waals surface area contributed by atoms with Crippen molar-refractivity contribution < 1.29 is 9.53 Å². The van der Waals surface area contributed by atoms with Gasteiger partial charge in [0.25, 0.3) is 5.91 Å². The quantitative estimate of drug-likeness (QED) is 0.303. The van der Waals surface area contributed by atoms with Gasteiger partial charge in [0.2, 0.25) is 0 Å². The van der Waals surface area contributed by atoms with E-state index in [0.717, 1.165) is 49.1 Å². The monoisotopic (exact) mass is 380 g/mol. The van der Waals surface area contributed by atoms with Crippen molar-refractivity contribution in [3.63, 3.8) is 0 Å². The molecule has 0 aliphatic heterocycles. The molecule has 0 radical (unpaired) electrons. The number of ether oxygens (including phenoxy) is 1. The molecule has 0 aromatic heterocycles. The van der Waals surface area contributed by atoms with Gasteiger partial charge in [0.15, 0.2) is 0 Å². The highest BCUT2D eigenvalue weighted by molar-refractivity contribution is 6.02. The van der Waals surface area contributed by atoms with Crippen molar-refractivity contribution in [3.05, 3.63) is 65.7 Å². The number of hydrogen-bond acceptors (Lipinski definition) is 3. The van der Waals surface area contributed by atoms with Crippen LogP contribution in [-0.2, 0) is 0 Å². The molecule has 0 saturated heterocycles. The van der Waals surface area contributed by atoms with Crippen LogP contribution in [0.3, 0.4) is 0 Å². The maximum absolute atomic E-state index is 12.5. The molecule has 2 rings (SSSR count). The largest absolute Gasteiger partial charge is 0.494 e. The Morgan fingerprint density at radius 2 is 1.71 bits per heavy atom. The summed E-state index contributed by atoms with van der Waals surface area (Å²) in [6.07, 6.45) is 5.22. The van der Waals surface area contributed by atoms with Crippen LogP contribution in [0.15, 0.2) is 59.7 Å². The minimum atomic E-state index is -0.211. The number of hydrazone groups is 1. The van der Waals surface area contributed by atoms with Gasteiger partial charge in [0, 0.05) is 5.56 Å². The summed E-state index contributed by atoms with van der Waals surface area (Å²) in [6.45, 7) is 7.20. The number of amides is 1. The predicted molar refractivity (Wildman–Crippen MR) is 116 cm³/mol. The summed E-state index contributed by atoms with van der Waals surface area (Å²) in [5, 5.41) is 4.42. The zero-order chi connectivity index (χ0) is 20.2. The van der Waals surface area contributed by atoms with Crippen LogP contribution < -0.4 is 10.2 Å². The molecule has 2 aromatic rings. The molecule has 0 aliphatic rings. The van der Waals surface area contributed by atoms with Crippen molar-refractivity contribution in [2.24, 2.45) is 11.0 Å². The van der Waals surface area contributed by atoms with Gasteiger partial charge in [0.1, 0.15) is 5.75 Å². The first-order chi connectivity index (χ1) is 13.6. The first-order valence-electron chi connectivity index (χ1n) is 10.2. The molecular weight excluding hydrogens is 348 g/mol. The average molecular weight is 381 g/mol. The number of hydrogen-bond donors (Lipinski definition) is 1. The van der Waals surface area contributed by atoms with Gasteiger partial charge in [-0.05, 0) is 55.0 Å². The highest BCUT2D eigenvalue weighted by Gasteiger charge is 2.08. The van der Waals surface area contributed by atoms with Crippen molar-refractivity contribution >= 4 is 11.6 Å². The lowest BCUT2D eigenvalue weighted by atomic mass is 10.0. The van der Waals surface area contributed by atoms with Crippen LogP contribution in [0, 0.1) is 5.92 Å². The molecule has 1 amide bonds. The van der Waals surface area contributed by atoms with Gasteiger partial charge in [-0.3, -0.25) is 4.79 Å². The molecule has 0 fully saturated rings. The van der Waals surface area contributed by atoms with Gasteiger partial charge in [-0.15, -0.1) is 0 Å². The molecule has 28 heavy (non-hydrogen) atoms. The third kappa shape index (κ3) is 7.55. The van der Waals surface area contributed by atoms with E-state index in [9.17, 15) is 4.79 Å². The van der Waals surface area contributed by atoms with Gasteiger partial charge in [-0.2, -0.15) is 5.10 Å². The summed E-state index contributed by atoms with van der Waals surface area (Å²) in [7, 11) is 0. The van der Waals surface area contributed by atoms with Crippen LogP contribution in [0.5, 0.6) is 5.75 Å². The fraction of sp³-hybridized carbons (Fsp3) is 0.417. The Bertz CT molecular complexity index is 737. The van der Waals surface area contributed by atoms with E-state index >= 15 is 0 Å². The normalized spacial score (nSPS) is 11.5. The van der Waals surface area contributed by atoms with Crippen molar-refractivity contribution in [2.45, 2.75) is 52.9 Å². The Balaban J connectivity index is 1.98. The van der Waals surface area contributed by atoms with Crippen LogP contribution in [0.1, 0.15) is 68.8 Å². The third-order valence-corrected chi connectivity index (χ3v) is 4.50. The fourth-order valence-electron chi connectivity index (χ4n) is 2.74. The lowest BCUT2D eigenvalue weighted by Crippen LogP contribution is -2.20. The number of rotatable bonds is 11. The second kappa shape index (κ2) is 12.0. The van der Waals surface area contributed by atoms with E-state index in [1.54, 1.807) is 12.1 Å². The molecule has 150 valence electrons. The summed E-state index contributed by atoms with van der Waals surface area (Å²) >= 11 is 0. The maximum atomic E-state index is 12.5. The minimum Gasteiger partial charge on any atom is -0.494 e. The molecule has 4 heteroatoms. The zero-order valence-electron chi connectivity index (χ0n) is 17.3. The number of nitrogens with one attached hydrogen (secondary N) is 1. The van der Waals surface area contributed by atoms with E-state index in [0.29, 0.717) is 18.1 Å². The van der Waals surface area contributed by atoms with E-state index in [1.807, 2.05) is 42.5 Å². The Hall–Kier alpha value is -2.62. The first kappa shape index (κ1) is 21.7. The number of carbonyl (C=O) groups excluding carboxylic acids is 1. The second-order valence-corrected chi connectivity index (χ2v) is 7.38. The summed E-state index contributed by atoms with van der Waals surface area (Å²) < 4.78 is 5.70. The molecule has 2 aromatic carbocycles. The molecule has 0 spiro atoms. The molecule has 0 bridgehead atoms. The highest BCUT2D eigenvalue weighted by Crippen LogP contribution is 2.14. The Kier molecular flexibility index (Phi) is 9.26. The average Bonchev–Trinajstić information content (AvgIpc) is 2.71. The van der Waals surface area contributed by atoms with Crippen LogP contribution in [0.2, 0.25) is 0 Å². The van der Waals surface area contributed by atoms with Crippen molar-refractivity contribution in [1.29, 1.82) is 0 Å². The summed E-state index contributed by atoms with van der Waals surface area (Å²) in [6, 6.07) is 17.2. The van der Waals surface area contributed by atoms with E-state index in [2.05, 4.69) is 31.3 Å². The molecule has 4 nitrogen and oxygen atoms in total. The minimum absolute atomic E-state index is 0.211. The first-order valence-corrected chi connectivity index (χ1v) is 10.2. The van der Waals surface area contributed by atoms with Crippen molar-refractivity contribution in [1.82, 2.24) is 5.43 Å². The molecule has 0 atom stereocenters. The van der Waals surface area contributed by atoms with E-state index in [1.165, 1.54) is 0 Å². The summed E-state index contributed by atoms with van der Waals surface area (Å²) in [4.78, 5) is 12.5. The maximum Gasteiger partial charge on any atom is 0.271 e. The van der Waals surface area contributed by atoms with Gasteiger partial charge < -0.3 is 4.74 Å². The van der Waals surface area contributed by atoms with E-state index < -0.39 is 0 Å². The zero-order valence-corrected chi connectivity index (χ0v) is 17.3. The Morgan fingerprint density at radius 1 is 1.00 bits per heavy atom. The van der Waals surface area contributed by atoms with Crippen LogP contribution >= 0.6 is 0 Å². The molecule has 0 saturated carbocycles. The fourth-order valence-corrected chi connectivity index (χ4v) is 2.74. The Labute approximate surface area is 169 Å². The SMILES string of the molecule is CCCCCC(=NNC(=O)c1ccc(OCCC(C)C)cc1)c1ccccc1. The summed E-state index contributed by atoms with van der Waals surface area (Å²) in [5.74, 6) is 1.18. The topological polar surface area (TPSA) is 50.7 Å². The van der Waals surface area contributed by atoms with Gasteiger partial charge in [-0.25, -0.2) is 5.43 Å². The standard InChI is InChI=1S/C24H32N2O2/c1-4-5-7-12-23(20-10-8-6-9-11-20)25-26-24(27)21-13-15-22(16-14-21)28-18-17-19(2)3/h6,8-11,13-16,19H,4-5,7,12,17-18H2,1-3H3,(H,26,27). The lowest BCUT2D eigenvalue weighted by Gasteiger charge is -2.09. The van der Waals surface area contributed by atoms with Crippen molar-refractivity contribution in [3.8, 4) is 5.75 Å². The second-order valence-electron chi connectivity index (χ2n) is 7.38. The summed E-state index contributed by atoms with van der Waals surface area (Å²) in [5.41, 5.74) is 5.24. The van der Waals surface area contributed by atoms with Gasteiger partial charge in [0.05, 0.1) is 12.3 Å². The molecule has 0 unspecified atom stereocenters. The van der Waals surface area contributed by atoms with Crippen LogP contribution in [0.4, 0.5) is 0 Å². The highest BCUT2D eigenvalue weighted by atomic mass is 16.5. The lowest BCUT2D eigenvalue weighted by molar-refractivity contribution is 0.0954. The number of nitrogens with zero attached hydrogens (tertiary/aromatic N) is 1. The van der Waals surface area contributed by atoms with Gasteiger partial charge >= 0.3 is 0 Å². The molecule has 1 N–H and O–H groups in total. The van der Waals surface area contributed by atoms with Gasteiger partial charge in [-0.1, -0.05) is 63.9 Å². The molecular formula is C24H32N2O2. The van der Waals surface area contributed by atoms with E-state index in [-0.39, 0.29) is 5.91 Å². The van der Waals surface area contributed by atoms with E-state index in [4.69, 9.17) is 4.74 Å². The molecule has 0 heterocycles. The predicted octanol–water partition coefficient (Wildman–Crippen LogP) is 5.83. The number of benzene rings is 2. The Morgan fingerprint density at radius 3 is 2.36 bits per heavy atom. The van der Waals surface area contributed by atoms with Crippen LogP contribution in [-0.4, -0.2) is 18.2 Å². The number of unbranched alkanes of at least 4 members (excludes halogenated alkanes) is 2. The number of carbonyl (C=O) groups is 1.